The molecule has 1 aliphatic rings. The smallest absolute Gasteiger partial charge is 0.244 e. The minimum Gasteiger partial charge on any atom is -0.495 e. The normalized spacial score (nSPS) is 17.0. The van der Waals surface area contributed by atoms with Crippen molar-refractivity contribution in [3.05, 3.63) is 41.2 Å². The predicted molar refractivity (Wildman–Crippen MR) is 108 cm³/mol. The number of ether oxygens (including phenoxy) is 1. The fourth-order valence-corrected chi connectivity index (χ4v) is 4.02. The van der Waals surface area contributed by atoms with Crippen molar-refractivity contribution in [3.63, 3.8) is 0 Å². The summed E-state index contributed by atoms with van der Waals surface area (Å²) in [6, 6.07) is 8.01. The summed E-state index contributed by atoms with van der Waals surface area (Å²) >= 11 is 0. The van der Waals surface area contributed by atoms with Crippen LogP contribution in [0, 0.1) is 13.8 Å². The van der Waals surface area contributed by atoms with Crippen molar-refractivity contribution in [2.75, 3.05) is 31.6 Å². The van der Waals surface area contributed by atoms with Gasteiger partial charge in [0.15, 0.2) is 5.78 Å². The average molecular weight is 384 g/mol. The van der Waals surface area contributed by atoms with Crippen LogP contribution in [0.4, 0.5) is 5.69 Å². The van der Waals surface area contributed by atoms with Crippen LogP contribution < -0.4 is 9.64 Å². The third kappa shape index (κ3) is 3.74. The Morgan fingerprint density at radius 2 is 1.93 bits per heavy atom. The lowest BCUT2D eigenvalue weighted by atomic mass is 10.1. The largest absolute Gasteiger partial charge is 0.495 e. The maximum absolute atomic E-state index is 12.9. The number of aryl methyl sites for hydroxylation is 1. The topological polar surface area (TPSA) is 67.7 Å². The number of ketones is 1. The van der Waals surface area contributed by atoms with Crippen molar-refractivity contribution in [2.45, 2.75) is 40.3 Å². The third-order valence-electron chi connectivity index (χ3n) is 5.39. The molecule has 0 radical (unpaired) electrons. The van der Waals surface area contributed by atoms with E-state index in [0.717, 1.165) is 30.2 Å². The van der Waals surface area contributed by atoms with Crippen LogP contribution in [0.2, 0.25) is 0 Å². The van der Waals surface area contributed by atoms with E-state index in [1.165, 1.54) is 6.92 Å². The maximum atomic E-state index is 12.9. The van der Waals surface area contributed by atoms with Gasteiger partial charge in [-0.25, -0.2) is 0 Å². The van der Waals surface area contributed by atoms with Crippen molar-refractivity contribution in [3.8, 4) is 5.75 Å². The number of benzene rings is 1. The summed E-state index contributed by atoms with van der Waals surface area (Å²) in [6.07, 6.45) is 0. The highest BCUT2D eigenvalue weighted by molar-refractivity contribution is 5.96. The van der Waals surface area contributed by atoms with E-state index < -0.39 is 0 Å². The molecule has 0 aliphatic carbocycles. The molecule has 7 heteroatoms. The van der Waals surface area contributed by atoms with Gasteiger partial charge in [-0.3, -0.25) is 14.3 Å². The molecule has 1 saturated heterocycles. The minimum absolute atomic E-state index is 0.0208. The molecule has 7 nitrogen and oxygen atoms in total. The number of carbonyl (C=O) groups is 2. The second-order valence-corrected chi connectivity index (χ2v) is 7.31. The molecule has 0 saturated carbocycles. The van der Waals surface area contributed by atoms with Gasteiger partial charge in [0, 0.05) is 31.4 Å². The Labute approximate surface area is 165 Å². The van der Waals surface area contributed by atoms with E-state index in [2.05, 4.69) is 16.9 Å². The highest BCUT2D eigenvalue weighted by atomic mass is 16.5. The van der Waals surface area contributed by atoms with Crippen LogP contribution >= 0.6 is 0 Å². The summed E-state index contributed by atoms with van der Waals surface area (Å²) in [5.41, 5.74) is 3.08. The van der Waals surface area contributed by atoms with Crippen molar-refractivity contribution in [1.82, 2.24) is 14.7 Å². The van der Waals surface area contributed by atoms with E-state index in [4.69, 9.17) is 4.74 Å². The molecule has 2 aromatic rings. The molecule has 150 valence electrons. The number of piperazine rings is 1. The standard InChI is InChI=1S/C21H28N4O3/c1-14-12-23(18-8-6-7-9-19(18)28-5)10-11-24(14)20(27)13-25-16(3)21(17(4)26)15(2)22-25/h6-9,14H,10-13H2,1-5H3/t14-/m1/s1. The third-order valence-corrected chi connectivity index (χ3v) is 5.39. The average Bonchev–Trinajstić information content (AvgIpc) is 2.94. The lowest BCUT2D eigenvalue weighted by Crippen LogP contribution is -2.55. The number of nitrogens with zero attached hydrogens (tertiary/aromatic N) is 4. The first-order valence-corrected chi connectivity index (χ1v) is 9.55. The first-order valence-electron chi connectivity index (χ1n) is 9.55. The monoisotopic (exact) mass is 384 g/mol. The predicted octanol–water partition coefficient (Wildman–Crippen LogP) is 2.45. The summed E-state index contributed by atoms with van der Waals surface area (Å²) < 4.78 is 7.12. The summed E-state index contributed by atoms with van der Waals surface area (Å²) in [7, 11) is 1.67. The van der Waals surface area contributed by atoms with E-state index in [1.807, 2.05) is 36.1 Å². The summed E-state index contributed by atoms with van der Waals surface area (Å²) in [4.78, 5) is 28.9. The fraction of sp³-hybridized carbons (Fsp3) is 0.476. The van der Waals surface area contributed by atoms with Gasteiger partial charge in [0.25, 0.3) is 0 Å². The first kappa shape index (κ1) is 19.9. The summed E-state index contributed by atoms with van der Waals surface area (Å²) in [5.74, 6) is 0.842. The Hall–Kier alpha value is -2.83. The van der Waals surface area contributed by atoms with Crippen molar-refractivity contribution in [1.29, 1.82) is 0 Å². The van der Waals surface area contributed by atoms with Gasteiger partial charge in [0.05, 0.1) is 24.1 Å². The molecule has 0 spiro atoms. The molecule has 0 N–H and O–H groups in total. The molecule has 28 heavy (non-hydrogen) atoms. The number of anilines is 1. The van der Waals surface area contributed by atoms with Gasteiger partial charge < -0.3 is 14.5 Å². The molecule has 0 bridgehead atoms. The van der Waals surface area contributed by atoms with Gasteiger partial charge in [-0.2, -0.15) is 5.10 Å². The molecule has 1 aromatic carbocycles. The Kier molecular flexibility index (Phi) is 5.72. The number of Topliss-reactive ketones (excluding diaryl/α,β-unsaturated/α-hetero) is 1. The molecule has 1 fully saturated rings. The highest BCUT2D eigenvalue weighted by Gasteiger charge is 2.29. The molecule has 1 atom stereocenters. The minimum atomic E-state index is -0.0208. The zero-order chi connectivity index (χ0) is 20.4. The molecule has 3 rings (SSSR count). The molecule has 0 unspecified atom stereocenters. The zero-order valence-electron chi connectivity index (χ0n) is 17.2. The molecule has 1 aliphatic heterocycles. The second-order valence-electron chi connectivity index (χ2n) is 7.31. The van der Waals surface area contributed by atoms with Gasteiger partial charge in [-0.1, -0.05) is 12.1 Å². The SMILES string of the molecule is COc1ccccc1N1CCN(C(=O)Cn2nc(C)c(C(C)=O)c2C)[C@H](C)C1. The number of hydrogen-bond donors (Lipinski definition) is 0. The van der Waals surface area contributed by atoms with Crippen LogP contribution in [0.25, 0.3) is 0 Å². The van der Waals surface area contributed by atoms with Crippen LogP contribution in [0.5, 0.6) is 5.75 Å². The van der Waals surface area contributed by atoms with E-state index in [-0.39, 0.29) is 24.3 Å². The van der Waals surface area contributed by atoms with Gasteiger partial charge in [-0.05, 0) is 39.8 Å². The number of methoxy groups -OCH3 is 1. The summed E-state index contributed by atoms with van der Waals surface area (Å²) in [6.45, 7) is 9.50. The summed E-state index contributed by atoms with van der Waals surface area (Å²) in [5, 5.41) is 4.40. The van der Waals surface area contributed by atoms with Crippen LogP contribution in [-0.2, 0) is 11.3 Å². The van der Waals surface area contributed by atoms with E-state index in [1.54, 1.807) is 18.7 Å². The van der Waals surface area contributed by atoms with Crippen LogP contribution in [0.3, 0.4) is 0 Å². The number of aromatic nitrogens is 2. The van der Waals surface area contributed by atoms with Crippen LogP contribution in [0.1, 0.15) is 35.6 Å². The Bertz CT molecular complexity index is 890. The molecule has 2 heterocycles. The number of amides is 1. The molecular formula is C21H28N4O3. The van der Waals surface area contributed by atoms with E-state index >= 15 is 0 Å². The molecular weight excluding hydrogens is 356 g/mol. The van der Waals surface area contributed by atoms with Crippen molar-refractivity contribution in [2.24, 2.45) is 0 Å². The number of rotatable bonds is 5. The van der Waals surface area contributed by atoms with E-state index in [0.29, 0.717) is 17.8 Å². The van der Waals surface area contributed by atoms with Crippen molar-refractivity contribution >= 4 is 17.4 Å². The van der Waals surface area contributed by atoms with Gasteiger partial charge >= 0.3 is 0 Å². The number of carbonyl (C=O) groups excluding carboxylic acids is 2. The highest BCUT2D eigenvalue weighted by Crippen LogP contribution is 2.29. The van der Waals surface area contributed by atoms with Crippen LogP contribution in [0.15, 0.2) is 24.3 Å². The lowest BCUT2D eigenvalue weighted by Gasteiger charge is -2.41. The molecule has 1 aromatic heterocycles. The Balaban J connectivity index is 1.70. The quantitative estimate of drug-likeness (QED) is 0.741. The first-order chi connectivity index (χ1) is 13.3. The lowest BCUT2D eigenvalue weighted by molar-refractivity contribution is -0.134. The van der Waals surface area contributed by atoms with Gasteiger partial charge in [-0.15, -0.1) is 0 Å². The number of para-hydroxylation sites is 2. The fourth-order valence-electron chi connectivity index (χ4n) is 4.02. The van der Waals surface area contributed by atoms with E-state index in [9.17, 15) is 9.59 Å². The maximum Gasteiger partial charge on any atom is 0.244 e. The van der Waals surface area contributed by atoms with Gasteiger partial charge in [0.2, 0.25) is 5.91 Å². The van der Waals surface area contributed by atoms with Gasteiger partial charge in [0.1, 0.15) is 12.3 Å². The van der Waals surface area contributed by atoms with Crippen molar-refractivity contribution < 1.29 is 14.3 Å². The zero-order valence-corrected chi connectivity index (χ0v) is 17.2. The second kappa shape index (κ2) is 8.04. The number of hydrogen-bond acceptors (Lipinski definition) is 5. The Morgan fingerprint density at radius 3 is 2.54 bits per heavy atom. The Morgan fingerprint density at radius 1 is 1.21 bits per heavy atom. The van der Waals surface area contributed by atoms with Crippen LogP contribution in [-0.4, -0.2) is 59.2 Å². The molecule has 1 amide bonds.